The van der Waals surface area contributed by atoms with Crippen LogP contribution in [0, 0.1) is 0 Å². The molecule has 172 valence electrons. The monoisotopic (exact) mass is 455 g/mol. The summed E-state index contributed by atoms with van der Waals surface area (Å²) in [5.41, 5.74) is 8.17. The first-order chi connectivity index (χ1) is 16.6. The number of fused-ring (bicyclic) bond motifs is 1. The van der Waals surface area contributed by atoms with Gasteiger partial charge in [0.15, 0.2) is 11.5 Å². The minimum Gasteiger partial charge on any atom is -0.457 e. The molecule has 9 nitrogen and oxygen atoms in total. The molecule has 1 saturated heterocycles. The molecule has 1 unspecified atom stereocenters. The van der Waals surface area contributed by atoms with Gasteiger partial charge in [-0.2, -0.15) is 9.97 Å². The number of imidazole rings is 1. The van der Waals surface area contributed by atoms with Gasteiger partial charge in [0.2, 0.25) is 11.9 Å². The van der Waals surface area contributed by atoms with Crippen LogP contribution in [0.15, 0.2) is 73.6 Å². The van der Waals surface area contributed by atoms with Gasteiger partial charge in [-0.25, -0.2) is 4.98 Å². The summed E-state index contributed by atoms with van der Waals surface area (Å²) in [4.78, 5) is 27.4. The smallest absolute Gasteiger partial charge is 0.246 e. The van der Waals surface area contributed by atoms with E-state index in [0.29, 0.717) is 29.5 Å². The van der Waals surface area contributed by atoms with Crippen molar-refractivity contribution in [1.29, 1.82) is 0 Å². The fraction of sp³-hybridized carbons (Fsp3) is 0.200. The van der Waals surface area contributed by atoms with Gasteiger partial charge in [0.05, 0.1) is 12.4 Å². The van der Waals surface area contributed by atoms with Crippen LogP contribution < -0.4 is 15.8 Å². The quantitative estimate of drug-likeness (QED) is 0.417. The third-order valence-corrected chi connectivity index (χ3v) is 5.81. The maximum Gasteiger partial charge on any atom is 0.246 e. The molecular weight excluding hydrogens is 430 g/mol. The molecule has 1 fully saturated rings. The van der Waals surface area contributed by atoms with Gasteiger partial charge in [0.1, 0.15) is 17.0 Å². The van der Waals surface area contributed by atoms with Crippen LogP contribution in [0.3, 0.4) is 0 Å². The molecule has 0 aliphatic carbocycles. The van der Waals surface area contributed by atoms with Crippen LogP contribution in [0.2, 0.25) is 0 Å². The summed E-state index contributed by atoms with van der Waals surface area (Å²) in [6.07, 6.45) is 4.89. The summed E-state index contributed by atoms with van der Waals surface area (Å²) in [6.45, 7) is 4.90. The Balaban J connectivity index is 1.36. The predicted molar refractivity (Wildman–Crippen MR) is 131 cm³/mol. The molecule has 2 aromatic heterocycles. The van der Waals surface area contributed by atoms with Gasteiger partial charge in [-0.1, -0.05) is 24.8 Å². The Morgan fingerprint density at radius 3 is 2.65 bits per heavy atom. The standard InChI is InChI=1S/C25H25N7O2/c1-2-21(33)31-14-6-7-18(15-31)32-16-27-22-23(26)29-25(30-24(22)32)28-17-10-12-20(13-11-17)34-19-8-4-3-5-9-19/h2-5,8-13,16,18H,1,6-7,14-15H2,(H3,26,28,29,30). The highest BCUT2D eigenvalue weighted by molar-refractivity contribution is 5.87. The number of ether oxygens (including phenoxy) is 1. The molecule has 9 heteroatoms. The summed E-state index contributed by atoms with van der Waals surface area (Å²) in [6, 6.07) is 17.2. The Bertz CT molecular complexity index is 1320. The molecule has 0 spiro atoms. The van der Waals surface area contributed by atoms with Crippen LogP contribution in [0.25, 0.3) is 11.2 Å². The van der Waals surface area contributed by atoms with E-state index in [1.807, 2.05) is 59.2 Å². The highest BCUT2D eigenvalue weighted by atomic mass is 16.5. The first-order valence-corrected chi connectivity index (χ1v) is 11.1. The highest BCUT2D eigenvalue weighted by Crippen LogP contribution is 2.28. The van der Waals surface area contributed by atoms with Crippen LogP contribution in [0.1, 0.15) is 18.9 Å². The molecule has 0 saturated carbocycles. The highest BCUT2D eigenvalue weighted by Gasteiger charge is 2.25. The number of nitrogens with one attached hydrogen (secondary N) is 1. The van der Waals surface area contributed by atoms with Gasteiger partial charge >= 0.3 is 0 Å². The van der Waals surface area contributed by atoms with E-state index in [0.717, 1.165) is 36.6 Å². The predicted octanol–water partition coefficient (Wildman–Crippen LogP) is 4.29. The zero-order valence-corrected chi connectivity index (χ0v) is 18.6. The SMILES string of the molecule is C=CC(=O)N1CCCC(n2cnc3c(N)nc(Nc4ccc(Oc5ccccc5)cc4)nc32)C1. The summed E-state index contributed by atoms with van der Waals surface area (Å²) in [5, 5.41) is 3.21. The fourth-order valence-electron chi connectivity index (χ4n) is 4.13. The maximum absolute atomic E-state index is 12.1. The fourth-order valence-corrected chi connectivity index (χ4v) is 4.13. The van der Waals surface area contributed by atoms with Gasteiger partial charge < -0.3 is 25.3 Å². The summed E-state index contributed by atoms with van der Waals surface area (Å²) >= 11 is 0. The van der Waals surface area contributed by atoms with Crippen molar-refractivity contribution in [2.24, 2.45) is 0 Å². The Hall–Kier alpha value is -4.40. The first kappa shape index (κ1) is 21.4. The molecule has 34 heavy (non-hydrogen) atoms. The number of nitrogens with zero attached hydrogens (tertiary/aromatic N) is 5. The molecule has 0 bridgehead atoms. The molecule has 3 N–H and O–H groups in total. The van der Waals surface area contributed by atoms with Crippen molar-refractivity contribution in [2.45, 2.75) is 18.9 Å². The molecule has 1 atom stereocenters. The van der Waals surface area contributed by atoms with Crippen LogP contribution in [0.4, 0.5) is 17.5 Å². The van der Waals surface area contributed by atoms with Crippen LogP contribution in [0.5, 0.6) is 11.5 Å². The molecule has 5 rings (SSSR count). The van der Waals surface area contributed by atoms with E-state index in [1.165, 1.54) is 6.08 Å². The van der Waals surface area contributed by atoms with E-state index in [9.17, 15) is 4.79 Å². The molecule has 2 aromatic carbocycles. The number of nitrogen functional groups attached to an aromatic ring is 1. The number of para-hydroxylation sites is 1. The number of benzene rings is 2. The Kier molecular flexibility index (Phi) is 5.82. The molecule has 3 heterocycles. The number of aromatic nitrogens is 4. The van der Waals surface area contributed by atoms with E-state index in [4.69, 9.17) is 15.5 Å². The molecule has 0 radical (unpaired) electrons. The van der Waals surface area contributed by atoms with E-state index < -0.39 is 0 Å². The molecular formula is C25H25N7O2. The second-order valence-corrected chi connectivity index (χ2v) is 8.11. The van der Waals surface area contributed by atoms with Gasteiger partial charge in [-0.3, -0.25) is 4.79 Å². The summed E-state index contributed by atoms with van der Waals surface area (Å²) in [7, 11) is 0. The first-order valence-electron chi connectivity index (χ1n) is 11.1. The van der Waals surface area contributed by atoms with Crippen LogP contribution in [-0.4, -0.2) is 43.4 Å². The topological polar surface area (TPSA) is 111 Å². The van der Waals surface area contributed by atoms with Crippen molar-refractivity contribution in [3.63, 3.8) is 0 Å². The minimum atomic E-state index is -0.0645. The van der Waals surface area contributed by atoms with Crippen molar-refractivity contribution >= 4 is 34.5 Å². The number of amides is 1. The number of likely N-dealkylation sites (tertiary alicyclic amines) is 1. The average Bonchev–Trinajstić information content (AvgIpc) is 3.30. The average molecular weight is 456 g/mol. The van der Waals surface area contributed by atoms with Crippen molar-refractivity contribution in [3.8, 4) is 11.5 Å². The van der Waals surface area contributed by atoms with Gasteiger partial charge in [-0.05, 0) is 55.3 Å². The summed E-state index contributed by atoms with van der Waals surface area (Å²) < 4.78 is 7.83. The third-order valence-electron chi connectivity index (χ3n) is 5.81. The van der Waals surface area contributed by atoms with Crippen molar-refractivity contribution < 1.29 is 9.53 Å². The zero-order chi connectivity index (χ0) is 23.5. The Morgan fingerprint density at radius 1 is 1.12 bits per heavy atom. The minimum absolute atomic E-state index is 0.0548. The Labute approximate surface area is 196 Å². The van der Waals surface area contributed by atoms with Gasteiger partial charge in [0, 0.05) is 18.8 Å². The maximum atomic E-state index is 12.1. The summed E-state index contributed by atoms with van der Waals surface area (Å²) in [5.74, 6) is 2.10. The molecule has 1 amide bonds. The lowest BCUT2D eigenvalue weighted by molar-refractivity contribution is -0.127. The number of hydrogen-bond donors (Lipinski definition) is 2. The largest absolute Gasteiger partial charge is 0.457 e. The van der Waals surface area contributed by atoms with Crippen molar-refractivity contribution in [3.05, 3.63) is 73.6 Å². The van der Waals surface area contributed by atoms with Crippen molar-refractivity contribution in [2.75, 3.05) is 24.1 Å². The number of carbonyl (C=O) groups excluding carboxylic acids is 1. The number of hydrogen-bond acceptors (Lipinski definition) is 7. The van der Waals surface area contributed by atoms with E-state index in [-0.39, 0.29) is 11.9 Å². The Morgan fingerprint density at radius 2 is 1.88 bits per heavy atom. The molecule has 1 aliphatic rings. The second kappa shape index (κ2) is 9.22. The number of carbonyl (C=O) groups is 1. The van der Waals surface area contributed by atoms with E-state index in [1.54, 1.807) is 11.2 Å². The molecule has 1 aliphatic heterocycles. The molecule has 4 aromatic rings. The lowest BCUT2D eigenvalue weighted by Gasteiger charge is -2.32. The normalized spacial score (nSPS) is 15.8. The lowest BCUT2D eigenvalue weighted by Crippen LogP contribution is -2.39. The zero-order valence-electron chi connectivity index (χ0n) is 18.6. The second-order valence-electron chi connectivity index (χ2n) is 8.11. The van der Waals surface area contributed by atoms with Crippen LogP contribution >= 0.6 is 0 Å². The van der Waals surface area contributed by atoms with Crippen LogP contribution in [-0.2, 0) is 4.79 Å². The van der Waals surface area contributed by atoms with Gasteiger partial charge in [0.25, 0.3) is 0 Å². The lowest BCUT2D eigenvalue weighted by atomic mass is 10.1. The van der Waals surface area contributed by atoms with E-state index >= 15 is 0 Å². The number of anilines is 3. The number of nitrogens with two attached hydrogens (primary N) is 1. The van der Waals surface area contributed by atoms with Gasteiger partial charge in [-0.15, -0.1) is 0 Å². The van der Waals surface area contributed by atoms with Crippen molar-refractivity contribution in [1.82, 2.24) is 24.4 Å². The van der Waals surface area contributed by atoms with E-state index in [2.05, 4.69) is 21.9 Å². The third kappa shape index (κ3) is 4.40. The number of piperidine rings is 1. The number of rotatable bonds is 6.